The number of rotatable bonds is 5. The average Bonchev–Trinajstić information content (AvgIpc) is 3.49. The summed E-state index contributed by atoms with van der Waals surface area (Å²) in [5.74, 6) is -3.32. The Morgan fingerprint density at radius 1 is 0.980 bits per heavy atom. The number of aromatic hydroxyl groups is 1. The first-order chi connectivity index (χ1) is 23.5. The summed E-state index contributed by atoms with van der Waals surface area (Å²) < 4.78 is 0. The van der Waals surface area contributed by atoms with Crippen LogP contribution in [0.2, 0.25) is 0 Å². The standard InChI is InChI=1S/C41H49NO8/c1-17(2)31-34(45)28(19(4)43)36(47)41(50)37(48)32-35(46)30-26(18(3)39(32,5)38(49)40(31,41)6)9-10-27(33(30)44)42-25-8-7-22(16-25)29-23-12-20-11-21(14-23)15-24(29)13-20/h7,9-10,16-18,20-21,23-24,29,31,38,42,44,46-47,49-50H,8,11-15H2,1-6H3/t18-,20?,21?,23?,24?,29?,31?,38-,39+,40+,41+/m1/s1. The van der Waals surface area contributed by atoms with Crippen molar-refractivity contribution in [2.45, 2.75) is 97.7 Å². The first kappa shape index (κ1) is 33.5. The Labute approximate surface area is 292 Å². The van der Waals surface area contributed by atoms with Gasteiger partial charge in [0.15, 0.2) is 17.2 Å². The van der Waals surface area contributed by atoms with Crippen molar-refractivity contribution < 1.29 is 39.9 Å². The molecule has 9 nitrogen and oxygen atoms in total. The van der Waals surface area contributed by atoms with Crippen molar-refractivity contribution >= 4 is 28.8 Å². The number of Topliss-reactive ketones (excluding diaryl/α,β-unsaturated/α-hetero) is 3. The molecule has 8 aliphatic rings. The van der Waals surface area contributed by atoms with Crippen LogP contribution in [0.3, 0.4) is 0 Å². The van der Waals surface area contributed by atoms with Crippen molar-refractivity contribution in [1.29, 1.82) is 0 Å². The van der Waals surface area contributed by atoms with Gasteiger partial charge in [0.2, 0.25) is 5.78 Å². The van der Waals surface area contributed by atoms with Gasteiger partial charge in [0.1, 0.15) is 22.8 Å². The molecule has 1 aromatic carbocycles. The van der Waals surface area contributed by atoms with E-state index in [1.54, 1.807) is 39.8 Å². The van der Waals surface area contributed by atoms with E-state index < -0.39 is 74.7 Å². The number of benzene rings is 1. The molecule has 4 bridgehead atoms. The minimum absolute atomic E-state index is 0.00176. The molecule has 5 fully saturated rings. The highest BCUT2D eigenvalue weighted by Gasteiger charge is 2.77. The molecule has 9 rings (SSSR count). The van der Waals surface area contributed by atoms with Crippen LogP contribution in [-0.2, 0) is 14.4 Å². The van der Waals surface area contributed by atoms with E-state index in [1.807, 2.05) is 0 Å². The first-order valence-electron chi connectivity index (χ1n) is 18.4. The fraction of sp³-hybridized carbons (Fsp3) is 0.585. The van der Waals surface area contributed by atoms with Crippen LogP contribution >= 0.6 is 0 Å². The molecule has 50 heavy (non-hydrogen) atoms. The Hall–Kier alpha value is -3.69. The highest BCUT2D eigenvalue weighted by Crippen LogP contribution is 2.68. The van der Waals surface area contributed by atoms with Gasteiger partial charge >= 0.3 is 0 Å². The van der Waals surface area contributed by atoms with Gasteiger partial charge in [-0.1, -0.05) is 46.8 Å². The molecule has 266 valence electrons. The highest BCUT2D eigenvalue weighted by atomic mass is 16.4. The summed E-state index contributed by atoms with van der Waals surface area (Å²) in [7, 11) is 0. The zero-order chi connectivity index (χ0) is 36.0. The Morgan fingerprint density at radius 3 is 2.18 bits per heavy atom. The topological polar surface area (TPSA) is 164 Å². The lowest BCUT2D eigenvalue weighted by molar-refractivity contribution is -0.215. The minimum atomic E-state index is -2.91. The summed E-state index contributed by atoms with van der Waals surface area (Å²) in [6.45, 7) is 9.25. The van der Waals surface area contributed by atoms with Gasteiger partial charge in [-0.05, 0) is 104 Å². The minimum Gasteiger partial charge on any atom is -0.508 e. The summed E-state index contributed by atoms with van der Waals surface area (Å²) in [4.78, 5) is 41.2. The number of aliphatic hydroxyl groups is 4. The molecule has 0 amide bonds. The lowest BCUT2D eigenvalue weighted by Gasteiger charge is -2.63. The van der Waals surface area contributed by atoms with Crippen molar-refractivity contribution in [2.75, 3.05) is 5.32 Å². The van der Waals surface area contributed by atoms with Gasteiger partial charge in [0.25, 0.3) is 0 Å². The van der Waals surface area contributed by atoms with Crippen LogP contribution in [-0.4, -0.2) is 54.6 Å². The smallest absolute Gasteiger partial charge is 0.203 e. The molecule has 0 heterocycles. The SMILES string of the molecule is CC(=O)C1=C(O)[C@]2(O)C(=O)C3=C(O)c4c(ccc(NC5=CC(C6C7CC8CC(C7)CC6C8)=CC5)c4O)[C@@H](C)[C@]3(C)[C@@H](O)[C@]2(C)C(C(C)C)C1=O. The van der Waals surface area contributed by atoms with E-state index in [4.69, 9.17) is 0 Å². The third kappa shape index (κ3) is 3.94. The molecule has 8 aliphatic carbocycles. The van der Waals surface area contributed by atoms with E-state index in [1.165, 1.54) is 44.6 Å². The molecule has 6 N–H and O–H groups in total. The van der Waals surface area contributed by atoms with Crippen molar-refractivity contribution in [2.24, 2.45) is 52.3 Å². The number of carbonyl (C=O) groups is 3. The molecule has 9 heteroatoms. The lowest BCUT2D eigenvalue weighted by atomic mass is 9.40. The number of ketones is 3. The van der Waals surface area contributed by atoms with E-state index in [0.717, 1.165) is 36.3 Å². The quantitative estimate of drug-likeness (QED) is 0.152. The van der Waals surface area contributed by atoms with Gasteiger partial charge in [-0.3, -0.25) is 14.4 Å². The van der Waals surface area contributed by atoms with Crippen molar-refractivity contribution in [1.82, 2.24) is 0 Å². The molecule has 0 aliphatic heterocycles. The Morgan fingerprint density at radius 2 is 1.60 bits per heavy atom. The molecular weight excluding hydrogens is 634 g/mol. The predicted octanol–water partition coefficient (Wildman–Crippen LogP) is 6.42. The fourth-order valence-electron chi connectivity index (χ4n) is 12.5. The summed E-state index contributed by atoms with van der Waals surface area (Å²) in [5.41, 5.74) is -4.35. The molecular formula is C41H49NO8. The fourth-order valence-corrected chi connectivity index (χ4v) is 12.5. The van der Waals surface area contributed by atoms with Gasteiger partial charge in [0.05, 0.1) is 22.9 Å². The van der Waals surface area contributed by atoms with Crippen LogP contribution in [0, 0.1) is 52.3 Å². The number of carbonyl (C=O) groups excluding carboxylic acids is 3. The number of phenols is 1. The molecule has 1 aromatic rings. The van der Waals surface area contributed by atoms with Crippen molar-refractivity contribution in [3.05, 3.63) is 63.6 Å². The predicted molar refractivity (Wildman–Crippen MR) is 187 cm³/mol. The van der Waals surface area contributed by atoms with Crippen LogP contribution in [0.15, 0.2) is 52.5 Å². The molecule has 0 radical (unpaired) electrons. The number of anilines is 1. The Kier molecular flexibility index (Phi) is 7.14. The lowest BCUT2D eigenvalue weighted by Crippen LogP contribution is -2.75. The second-order valence-electron chi connectivity index (χ2n) is 17.4. The van der Waals surface area contributed by atoms with Gasteiger partial charge in [-0.25, -0.2) is 0 Å². The number of fused-ring (bicyclic) bond motifs is 3. The number of nitrogens with one attached hydrogen (secondary N) is 1. The summed E-state index contributed by atoms with van der Waals surface area (Å²) in [6, 6.07) is 3.50. The molecule has 0 aromatic heterocycles. The average molecular weight is 684 g/mol. The molecule has 0 spiro atoms. The summed E-state index contributed by atoms with van der Waals surface area (Å²) >= 11 is 0. The van der Waals surface area contributed by atoms with Crippen molar-refractivity contribution in [3.8, 4) is 5.75 Å². The van der Waals surface area contributed by atoms with Crippen molar-refractivity contribution in [3.63, 3.8) is 0 Å². The van der Waals surface area contributed by atoms with Crippen LogP contribution < -0.4 is 5.32 Å². The maximum absolute atomic E-state index is 14.7. The van der Waals surface area contributed by atoms with E-state index in [2.05, 4.69) is 17.5 Å². The zero-order valence-electron chi connectivity index (χ0n) is 29.7. The monoisotopic (exact) mass is 683 g/mol. The highest BCUT2D eigenvalue weighted by molar-refractivity contribution is 6.24. The second kappa shape index (κ2) is 10.7. The van der Waals surface area contributed by atoms with E-state index in [0.29, 0.717) is 23.6 Å². The van der Waals surface area contributed by atoms with E-state index in [-0.39, 0.29) is 16.9 Å². The third-order valence-electron chi connectivity index (χ3n) is 14.6. The van der Waals surface area contributed by atoms with Gasteiger partial charge in [0, 0.05) is 28.9 Å². The Bertz CT molecular complexity index is 1870. The third-order valence-corrected chi connectivity index (χ3v) is 14.6. The number of aliphatic hydroxyl groups excluding tert-OH is 3. The number of hydrogen-bond donors (Lipinski definition) is 6. The molecule has 5 saturated carbocycles. The maximum atomic E-state index is 14.7. The summed E-state index contributed by atoms with van der Waals surface area (Å²) in [5, 5.41) is 63.4. The number of hydrogen-bond acceptors (Lipinski definition) is 9. The van der Waals surface area contributed by atoms with Crippen LogP contribution in [0.4, 0.5) is 5.69 Å². The molecule has 1 unspecified atom stereocenters. The van der Waals surface area contributed by atoms with E-state index in [9.17, 15) is 39.9 Å². The van der Waals surface area contributed by atoms with Crippen LogP contribution in [0.5, 0.6) is 5.75 Å². The zero-order valence-corrected chi connectivity index (χ0v) is 29.7. The van der Waals surface area contributed by atoms with Crippen LogP contribution in [0.25, 0.3) is 5.76 Å². The number of allylic oxidation sites excluding steroid dienone is 4. The summed E-state index contributed by atoms with van der Waals surface area (Å²) in [6.07, 6.45) is 10.2. The second-order valence-corrected chi connectivity index (χ2v) is 17.4. The van der Waals surface area contributed by atoms with Gasteiger partial charge in [-0.2, -0.15) is 0 Å². The normalized spacial score (nSPS) is 41.6. The first-order valence-corrected chi connectivity index (χ1v) is 18.4. The van der Waals surface area contributed by atoms with Gasteiger partial charge < -0.3 is 30.8 Å². The maximum Gasteiger partial charge on any atom is 0.203 e. The number of phenolic OH excluding ortho intramolecular Hbond substituents is 1. The largest absolute Gasteiger partial charge is 0.508 e. The van der Waals surface area contributed by atoms with Crippen LogP contribution in [0.1, 0.15) is 97.1 Å². The Balaban J connectivity index is 1.20. The van der Waals surface area contributed by atoms with Gasteiger partial charge in [-0.15, -0.1) is 0 Å². The molecule has 0 saturated heterocycles. The van der Waals surface area contributed by atoms with E-state index >= 15 is 0 Å². The molecule has 6 atom stereocenters.